The molecule has 2 aromatic heterocycles. The Morgan fingerprint density at radius 1 is 0.900 bits per heavy atom. The first-order valence-electron chi connectivity index (χ1n) is 6.44. The lowest BCUT2D eigenvalue weighted by molar-refractivity contribution is 1.08. The van der Waals surface area contributed by atoms with Gasteiger partial charge in [0.1, 0.15) is 5.03 Å². The van der Waals surface area contributed by atoms with Crippen molar-refractivity contribution in [1.29, 1.82) is 0 Å². The van der Waals surface area contributed by atoms with E-state index in [0.717, 1.165) is 21.8 Å². The zero-order valence-electron chi connectivity index (χ0n) is 11.4. The monoisotopic (exact) mass is 281 g/mol. The fourth-order valence-corrected chi connectivity index (χ4v) is 2.79. The lowest BCUT2D eigenvalue weighted by atomic mass is 10.1. The van der Waals surface area contributed by atoms with Gasteiger partial charge in [-0.25, -0.2) is 4.98 Å². The molecule has 1 aromatic carbocycles. The fourth-order valence-electron chi connectivity index (χ4n) is 2.08. The number of hydrogen-bond acceptors (Lipinski definition) is 4. The maximum absolute atomic E-state index is 4.48. The lowest BCUT2D eigenvalue weighted by Gasteiger charge is -2.10. The van der Waals surface area contributed by atoms with Crippen molar-refractivity contribution in [1.82, 2.24) is 9.97 Å². The first-order valence-corrected chi connectivity index (χ1v) is 7.26. The van der Waals surface area contributed by atoms with Gasteiger partial charge in [-0.05, 0) is 43.2 Å². The van der Waals surface area contributed by atoms with Crippen LogP contribution < -0.4 is 4.72 Å². The molecule has 0 aliphatic carbocycles. The molecule has 3 nitrogen and oxygen atoms in total. The molecule has 2 heterocycles. The van der Waals surface area contributed by atoms with Gasteiger partial charge < -0.3 is 4.72 Å². The topological polar surface area (TPSA) is 37.8 Å². The largest absolute Gasteiger partial charge is 0.322 e. The van der Waals surface area contributed by atoms with E-state index in [4.69, 9.17) is 0 Å². The summed E-state index contributed by atoms with van der Waals surface area (Å²) in [7, 11) is 0. The van der Waals surface area contributed by atoms with Gasteiger partial charge in [0, 0.05) is 29.7 Å². The Bertz CT molecular complexity index is 756. The first-order chi connectivity index (χ1) is 9.75. The number of nitrogens with one attached hydrogen (secondary N) is 1. The molecule has 0 atom stereocenters. The standard InChI is InChI=1S/C16H15N3S/c1-11-8-10-17-15-13(11)6-3-7-14(15)19-20-16-12(2)5-4-9-18-16/h3-10,19H,1-2H3. The summed E-state index contributed by atoms with van der Waals surface area (Å²) in [6.07, 6.45) is 3.65. The van der Waals surface area contributed by atoms with E-state index >= 15 is 0 Å². The molecule has 0 fully saturated rings. The molecule has 20 heavy (non-hydrogen) atoms. The van der Waals surface area contributed by atoms with Crippen molar-refractivity contribution >= 4 is 28.5 Å². The van der Waals surface area contributed by atoms with Gasteiger partial charge >= 0.3 is 0 Å². The molecule has 3 rings (SSSR count). The molecule has 1 N–H and O–H groups in total. The quantitative estimate of drug-likeness (QED) is 0.724. The number of pyridine rings is 2. The third kappa shape index (κ3) is 2.47. The van der Waals surface area contributed by atoms with Crippen LogP contribution in [0.4, 0.5) is 5.69 Å². The van der Waals surface area contributed by atoms with Crippen LogP contribution in [0.15, 0.2) is 53.8 Å². The van der Waals surface area contributed by atoms with Crippen LogP contribution in [0.1, 0.15) is 11.1 Å². The van der Waals surface area contributed by atoms with Crippen molar-refractivity contribution in [2.24, 2.45) is 0 Å². The molecule has 0 saturated carbocycles. The maximum Gasteiger partial charge on any atom is 0.119 e. The highest BCUT2D eigenvalue weighted by Crippen LogP contribution is 2.28. The predicted octanol–water partition coefficient (Wildman–Crippen LogP) is 4.37. The Balaban J connectivity index is 1.92. The van der Waals surface area contributed by atoms with Crippen molar-refractivity contribution in [2.45, 2.75) is 18.9 Å². The number of para-hydroxylation sites is 1. The Morgan fingerprint density at radius 3 is 2.65 bits per heavy atom. The minimum Gasteiger partial charge on any atom is -0.322 e. The number of anilines is 1. The summed E-state index contributed by atoms with van der Waals surface area (Å²) in [5.74, 6) is 0. The van der Waals surface area contributed by atoms with Crippen LogP contribution in [0.3, 0.4) is 0 Å². The number of aromatic nitrogens is 2. The van der Waals surface area contributed by atoms with Gasteiger partial charge in [-0.15, -0.1) is 0 Å². The van der Waals surface area contributed by atoms with Crippen LogP contribution in [-0.2, 0) is 0 Å². The van der Waals surface area contributed by atoms with E-state index in [2.05, 4.69) is 40.7 Å². The minimum absolute atomic E-state index is 0.983. The highest BCUT2D eigenvalue weighted by Gasteiger charge is 2.05. The summed E-state index contributed by atoms with van der Waals surface area (Å²) in [4.78, 5) is 8.85. The zero-order valence-corrected chi connectivity index (χ0v) is 12.2. The van der Waals surface area contributed by atoms with Crippen LogP contribution in [-0.4, -0.2) is 9.97 Å². The second-order valence-electron chi connectivity index (χ2n) is 4.66. The molecular formula is C16H15N3S. The molecule has 3 aromatic rings. The Kier molecular flexibility index (Phi) is 3.56. The first kappa shape index (κ1) is 12.9. The molecule has 0 saturated heterocycles. The molecule has 0 aliphatic heterocycles. The van der Waals surface area contributed by atoms with Crippen LogP contribution >= 0.6 is 11.9 Å². The van der Waals surface area contributed by atoms with Crippen LogP contribution in [0.2, 0.25) is 0 Å². The SMILES string of the molecule is Cc1cccnc1SNc1cccc2c(C)ccnc12. The predicted molar refractivity (Wildman–Crippen MR) is 84.9 cm³/mol. The Morgan fingerprint density at radius 2 is 1.80 bits per heavy atom. The van der Waals surface area contributed by atoms with Crippen molar-refractivity contribution in [3.63, 3.8) is 0 Å². The molecule has 0 aliphatic rings. The molecule has 100 valence electrons. The van der Waals surface area contributed by atoms with Gasteiger partial charge in [0.25, 0.3) is 0 Å². The summed E-state index contributed by atoms with van der Waals surface area (Å²) in [6, 6.07) is 12.2. The van der Waals surface area contributed by atoms with Crippen molar-refractivity contribution in [2.75, 3.05) is 4.72 Å². The van der Waals surface area contributed by atoms with E-state index in [0.29, 0.717) is 0 Å². The van der Waals surface area contributed by atoms with E-state index in [-0.39, 0.29) is 0 Å². The van der Waals surface area contributed by atoms with Crippen LogP contribution in [0, 0.1) is 13.8 Å². The van der Waals surface area contributed by atoms with E-state index in [1.165, 1.54) is 22.9 Å². The van der Waals surface area contributed by atoms with E-state index in [9.17, 15) is 0 Å². The summed E-state index contributed by atoms with van der Waals surface area (Å²) in [6.45, 7) is 4.16. The highest BCUT2D eigenvalue weighted by atomic mass is 32.2. The van der Waals surface area contributed by atoms with Gasteiger partial charge in [-0.1, -0.05) is 18.2 Å². The van der Waals surface area contributed by atoms with Crippen molar-refractivity contribution < 1.29 is 0 Å². The third-order valence-corrected chi connectivity index (χ3v) is 4.15. The molecule has 0 unspecified atom stereocenters. The second kappa shape index (κ2) is 5.51. The molecule has 0 bridgehead atoms. The zero-order chi connectivity index (χ0) is 13.9. The number of fused-ring (bicyclic) bond motifs is 1. The number of nitrogens with zero attached hydrogens (tertiary/aromatic N) is 2. The minimum atomic E-state index is 0.983. The summed E-state index contributed by atoms with van der Waals surface area (Å²) >= 11 is 1.52. The number of rotatable bonds is 3. The number of benzene rings is 1. The van der Waals surface area contributed by atoms with Gasteiger partial charge in [0.2, 0.25) is 0 Å². The number of aryl methyl sites for hydroxylation is 2. The van der Waals surface area contributed by atoms with Crippen molar-refractivity contribution in [3.05, 3.63) is 59.9 Å². The number of hydrogen-bond donors (Lipinski definition) is 1. The smallest absolute Gasteiger partial charge is 0.119 e. The average Bonchev–Trinajstić information content (AvgIpc) is 2.47. The third-order valence-electron chi connectivity index (χ3n) is 3.21. The normalized spacial score (nSPS) is 10.7. The average molecular weight is 281 g/mol. The van der Waals surface area contributed by atoms with Crippen molar-refractivity contribution in [3.8, 4) is 0 Å². The van der Waals surface area contributed by atoms with E-state index < -0.39 is 0 Å². The summed E-state index contributed by atoms with van der Waals surface area (Å²) < 4.78 is 3.36. The van der Waals surface area contributed by atoms with Gasteiger partial charge in [-0.2, -0.15) is 0 Å². The molecule has 0 radical (unpaired) electrons. The van der Waals surface area contributed by atoms with E-state index in [1.807, 2.05) is 36.7 Å². The second-order valence-corrected chi connectivity index (χ2v) is 5.45. The van der Waals surface area contributed by atoms with Crippen LogP contribution in [0.25, 0.3) is 10.9 Å². The van der Waals surface area contributed by atoms with Gasteiger partial charge in [0.15, 0.2) is 0 Å². The summed E-state index contributed by atoms with van der Waals surface area (Å²) in [5, 5.41) is 2.16. The molecule has 0 amide bonds. The van der Waals surface area contributed by atoms with Crippen LogP contribution in [0.5, 0.6) is 0 Å². The summed E-state index contributed by atoms with van der Waals surface area (Å²) in [5.41, 5.74) is 4.40. The lowest BCUT2D eigenvalue weighted by Crippen LogP contribution is -1.93. The maximum atomic E-state index is 4.48. The van der Waals surface area contributed by atoms with E-state index in [1.54, 1.807) is 0 Å². The fraction of sp³-hybridized carbons (Fsp3) is 0.125. The highest BCUT2D eigenvalue weighted by molar-refractivity contribution is 8.00. The molecule has 4 heteroatoms. The van der Waals surface area contributed by atoms with Gasteiger partial charge in [0.05, 0.1) is 11.2 Å². The molecule has 0 spiro atoms. The Labute approximate surface area is 122 Å². The Hall–Kier alpha value is -2.07. The molecular weight excluding hydrogens is 266 g/mol. The van der Waals surface area contributed by atoms with Gasteiger partial charge in [-0.3, -0.25) is 4.98 Å².